The number of halogens is 1. The van der Waals surface area contributed by atoms with Gasteiger partial charge in [-0.1, -0.05) is 25.4 Å². The lowest BCUT2D eigenvalue weighted by molar-refractivity contribution is -0.149. The number of likely N-dealkylation sites (tertiary alicyclic amines) is 1. The maximum absolute atomic E-state index is 13.1. The molecule has 2 N–H and O–H groups in total. The third-order valence-corrected chi connectivity index (χ3v) is 5.60. The van der Waals surface area contributed by atoms with Gasteiger partial charge in [-0.2, -0.15) is 0 Å². The van der Waals surface area contributed by atoms with Gasteiger partial charge >= 0.3 is 5.97 Å². The van der Waals surface area contributed by atoms with E-state index >= 15 is 0 Å². The first-order valence-electron chi connectivity index (χ1n) is 9.78. The summed E-state index contributed by atoms with van der Waals surface area (Å²) in [6, 6.07) is 5.52. The van der Waals surface area contributed by atoms with Crippen molar-refractivity contribution >= 4 is 40.3 Å². The van der Waals surface area contributed by atoms with E-state index in [-0.39, 0.29) is 17.7 Å². The Balaban J connectivity index is 1.85. The number of nitrogens with one attached hydrogen (secondary N) is 1. The minimum absolute atomic E-state index is 0.154. The van der Waals surface area contributed by atoms with Crippen LogP contribution in [0.2, 0.25) is 5.02 Å². The van der Waals surface area contributed by atoms with Gasteiger partial charge in [-0.25, -0.2) is 4.79 Å². The van der Waals surface area contributed by atoms with Crippen LogP contribution in [0.15, 0.2) is 24.3 Å². The lowest BCUT2D eigenvalue weighted by atomic mass is 10.0. The molecular weight excluding hydrogens is 394 g/mol. The van der Waals surface area contributed by atoms with E-state index in [1.165, 1.54) is 4.90 Å². The van der Waals surface area contributed by atoms with E-state index in [0.29, 0.717) is 36.5 Å². The number of amides is 2. The fourth-order valence-corrected chi connectivity index (χ4v) is 4.13. The fourth-order valence-electron chi connectivity index (χ4n) is 3.95. The molecule has 2 atom stereocenters. The fraction of sp³-hybridized carbons (Fsp3) is 0.476. The lowest BCUT2D eigenvalue weighted by Gasteiger charge is -2.28. The second-order valence-electron chi connectivity index (χ2n) is 7.98. The summed E-state index contributed by atoms with van der Waals surface area (Å²) in [5.41, 5.74) is 1.27. The van der Waals surface area contributed by atoms with Crippen LogP contribution in [0.5, 0.6) is 0 Å². The number of carbonyl (C=O) groups excluding carboxylic acids is 2. The van der Waals surface area contributed by atoms with Crippen LogP contribution in [-0.2, 0) is 16.6 Å². The van der Waals surface area contributed by atoms with Crippen molar-refractivity contribution in [3.8, 4) is 0 Å². The number of carboxylic acids is 1. The number of carbonyl (C=O) groups is 3. The Hall–Kier alpha value is -2.54. The van der Waals surface area contributed by atoms with Crippen molar-refractivity contribution in [3.05, 3.63) is 35.0 Å². The number of aliphatic carboxylic acids is 1. The predicted octanol–water partition coefficient (Wildman–Crippen LogP) is 3.05. The summed E-state index contributed by atoms with van der Waals surface area (Å²) in [6.07, 6.45) is 1.52. The Morgan fingerprint density at radius 2 is 2.00 bits per heavy atom. The molecule has 0 spiro atoms. The van der Waals surface area contributed by atoms with Gasteiger partial charge in [0.15, 0.2) is 0 Å². The van der Waals surface area contributed by atoms with Crippen LogP contribution < -0.4 is 5.32 Å². The molecule has 1 aliphatic rings. The first-order valence-corrected chi connectivity index (χ1v) is 10.2. The van der Waals surface area contributed by atoms with Gasteiger partial charge in [-0.05, 0) is 49.4 Å². The molecule has 1 saturated heterocycles. The molecule has 0 saturated carbocycles. The zero-order chi connectivity index (χ0) is 21.3. The number of hydrogen-bond acceptors (Lipinski definition) is 3. The van der Waals surface area contributed by atoms with E-state index in [9.17, 15) is 19.5 Å². The van der Waals surface area contributed by atoms with Crippen LogP contribution in [0.4, 0.5) is 0 Å². The van der Waals surface area contributed by atoms with Crippen molar-refractivity contribution < 1.29 is 19.5 Å². The van der Waals surface area contributed by atoms with Crippen molar-refractivity contribution in [3.63, 3.8) is 0 Å². The maximum atomic E-state index is 13.1. The Labute approximate surface area is 174 Å². The van der Waals surface area contributed by atoms with Crippen molar-refractivity contribution in [1.82, 2.24) is 14.8 Å². The van der Waals surface area contributed by atoms with Gasteiger partial charge in [0.1, 0.15) is 17.8 Å². The highest BCUT2D eigenvalue weighted by Gasteiger charge is 2.38. The molecule has 3 rings (SSSR count). The summed E-state index contributed by atoms with van der Waals surface area (Å²) in [7, 11) is 1.78. The zero-order valence-electron chi connectivity index (χ0n) is 16.8. The normalized spacial score (nSPS) is 17.7. The summed E-state index contributed by atoms with van der Waals surface area (Å²) >= 11 is 6.05. The Bertz CT molecular complexity index is 953. The summed E-state index contributed by atoms with van der Waals surface area (Å²) in [5, 5.41) is 13.7. The van der Waals surface area contributed by atoms with Crippen molar-refractivity contribution in [1.29, 1.82) is 0 Å². The highest BCUT2D eigenvalue weighted by atomic mass is 35.5. The van der Waals surface area contributed by atoms with Crippen LogP contribution in [0.1, 0.15) is 43.6 Å². The lowest BCUT2D eigenvalue weighted by Crippen LogP contribution is -2.52. The molecule has 156 valence electrons. The first kappa shape index (κ1) is 21.2. The van der Waals surface area contributed by atoms with Gasteiger partial charge in [0.2, 0.25) is 5.91 Å². The van der Waals surface area contributed by atoms with Gasteiger partial charge in [0.25, 0.3) is 5.91 Å². The van der Waals surface area contributed by atoms with E-state index in [1.54, 1.807) is 29.8 Å². The number of nitrogens with zero attached hydrogens (tertiary/aromatic N) is 2. The van der Waals surface area contributed by atoms with Crippen molar-refractivity contribution in [2.75, 3.05) is 6.54 Å². The van der Waals surface area contributed by atoms with Crippen molar-refractivity contribution in [2.24, 2.45) is 13.0 Å². The molecule has 2 amide bonds. The van der Waals surface area contributed by atoms with Crippen LogP contribution in [0, 0.1) is 5.92 Å². The van der Waals surface area contributed by atoms with Crippen molar-refractivity contribution in [2.45, 2.75) is 45.2 Å². The molecule has 2 heterocycles. The first-order chi connectivity index (χ1) is 13.7. The van der Waals surface area contributed by atoms with E-state index in [1.807, 2.05) is 19.9 Å². The SMILES string of the molecule is CC(C)C[C@H](NC(=O)c1cc2cc(Cl)ccc2n1C)C(=O)N1CCC[C@H]1C(=O)O. The molecule has 1 aromatic carbocycles. The second kappa shape index (κ2) is 8.45. The highest BCUT2D eigenvalue weighted by Crippen LogP contribution is 2.24. The van der Waals surface area contributed by atoms with E-state index in [4.69, 9.17) is 11.6 Å². The minimum Gasteiger partial charge on any atom is -0.480 e. The summed E-state index contributed by atoms with van der Waals surface area (Å²) < 4.78 is 1.76. The topological polar surface area (TPSA) is 91.6 Å². The van der Waals surface area contributed by atoms with Gasteiger partial charge in [0, 0.05) is 29.5 Å². The summed E-state index contributed by atoms with van der Waals surface area (Å²) in [6.45, 7) is 4.32. The van der Waals surface area contributed by atoms with Gasteiger partial charge in [-0.15, -0.1) is 0 Å². The molecule has 29 heavy (non-hydrogen) atoms. The standard InChI is InChI=1S/C21H26ClN3O4/c1-12(2)9-15(20(27)25-8-4-5-17(25)21(28)29)23-19(26)18-11-13-10-14(22)6-7-16(13)24(18)3/h6-7,10-12,15,17H,4-5,8-9H2,1-3H3,(H,23,26)(H,28,29)/t15-,17-/m0/s1. The van der Waals surface area contributed by atoms with Gasteiger partial charge in [0.05, 0.1) is 0 Å². The van der Waals surface area contributed by atoms with E-state index in [2.05, 4.69) is 5.32 Å². The Morgan fingerprint density at radius 3 is 2.66 bits per heavy atom. The zero-order valence-corrected chi connectivity index (χ0v) is 17.6. The molecule has 7 nitrogen and oxygen atoms in total. The molecule has 0 unspecified atom stereocenters. The molecular formula is C21H26ClN3O4. The number of benzene rings is 1. The number of aromatic nitrogens is 1. The third-order valence-electron chi connectivity index (χ3n) is 5.37. The molecule has 1 aliphatic heterocycles. The molecule has 1 fully saturated rings. The third kappa shape index (κ3) is 4.40. The molecule has 0 aliphatic carbocycles. The van der Waals surface area contributed by atoms with E-state index < -0.39 is 18.1 Å². The Kier molecular flexibility index (Phi) is 6.17. The molecule has 0 radical (unpaired) electrons. The van der Waals surface area contributed by atoms with Crippen LogP contribution in [-0.4, -0.2) is 51.0 Å². The number of fused-ring (bicyclic) bond motifs is 1. The number of aryl methyl sites for hydroxylation is 1. The largest absolute Gasteiger partial charge is 0.480 e. The average Bonchev–Trinajstić information content (AvgIpc) is 3.25. The summed E-state index contributed by atoms with van der Waals surface area (Å²) in [4.78, 5) is 38.9. The smallest absolute Gasteiger partial charge is 0.326 e. The number of carboxylic acid groups (broad SMARTS) is 1. The predicted molar refractivity (Wildman–Crippen MR) is 111 cm³/mol. The monoisotopic (exact) mass is 419 g/mol. The van der Waals surface area contributed by atoms with Crippen LogP contribution >= 0.6 is 11.6 Å². The summed E-state index contributed by atoms with van der Waals surface area (Å²) in [5.74, 6) is -1.55. The van der Waals surface area contributed by atoms with E-state index in [0.717, 1.165) is 10.9 Å². The maximum Gasteiger partial charge on any atom is 0.326 e. The van der Waals surface area contributed by atoms with Gasteiger partial charge in [-0.3, -0.25) is 9.59 Å². The molecule has 0 bridgehead atoms. The van der Waals surface area contributed by atoms with Crippen LogP contribution in [0.25, 0.3) is 10.9 Å². The van der Waals surface area contributed by atoms with Crippen LogP contribution in [0.3, 0.4) is 0 Å². The molecule has 1 aromatic heterocycles. The molecule has 2 aromatic rings. The quantitative estimate of drug-likeness (QED) is 0.752. The minimum atomic E-state index is -1.00. The Morgan fingerprint density at radius 1 is 1.28 bits per heavy atom. The average molecular weight is 420 g/mol. The number of rotatable bonds is 6. The van der Waals surface area contributed by atoms with Gasteiger partial charge < -0.3 is 19.9 Å². The molecule has 8 heteroatoms. The number of hydrogen-bond donors (Lipinski definition) is 2. The second-order valence-corrected chi connectivity index (χ2v) is 8.41. The highest BCUT2D eigenvalue weighted by molar-refractivity contribution is 6.31.